The average Bonchev–Trinajstić information content (AvgIpc) is 2.74. The number of epoxide rings is 2. The summed E-state index contributed by atoms with van der Waals surface area (Å²) in [6, 6.07) is 0. The van der Waals surface area contributed by atoms with Crippen molar-refractivity contribution in [2.24, 2.45) is 5.41 Å². The predicted octanol–water partition coefficient (Wildman–Crippen LogP) is 1.00. The fraction of sp³-hybridized carbons (Fsp3) is 0.889. The van der Waals surface area contributed by atoms with E-state index in [1.807, 2.05) is 13.8 Å². The zero-order valence-corrected chi connectivity index (χ0v) is 8.25. The summed E-state index contributed by atoms with van der Waals surface area (Å²) in [6.45, 7) is 7.13. The Balaban J connectivity index is 2.13. The lowest BCUT2D eigenvalue weighted by Crippen LogP contribution is -2.32. The molecule has 2 aliphatic rings. The van der Waals surface area contributed by atoms with Crippen LogP contribution in [-0.4, -0.2) is 28.6 Å². The van der Waals surface area contributed by atoms with E-state index in [1.54, 1.807) is 13.8 Å². The van der Waals surface area contributed by atoms with Crippen molar-refractivity contribution in [1.29, 1.82) is 0 Å². The largest absolute Gasteiger partial charge is 0.481 e. The van der Waals surface area contributed by atoms with E-state index in [9.17, 15) is 4.79 Å². The van der Waals surface area contributed by atoms with Gasteiger partial charge in [-0.25, -0.2) is 0 Å². The number of carbonyl (C=O) groups is 1. The minimum atomic E-state index is -0.867. The Bertz CT molecular complexity index is 281. The van der Waals surface area contributed by atoms with Gasteiger partial charge in [-0.05, 0) is 27.7 Å². The summed E-state index contributed by atoms with van der Waals surface area (Å²) in [5.74, 6) is -1.45. The summed E-state index contributed by atoms with van der Waals surface area (Å²) in [5, 5.41) is 8.95. The van der Waals surface area contributed by atoms with Gasteiger partial charge in [-0.15, -0.1) is 0 Å². The molecule has 0 radical (unpaired) electrons. The van der Waals surface area contributed by atoms with Gasteiger partial charge in [0.05, 0.1) is 5.41 Å². The van der Waals surface area contributed by atoms with Crippen LogP contribution in [0.3, 0.4) is 0 Å². The Morgan fingerprint density at radius 1 is 1.46 bits per heavy atom. The number of ether oxygens (including phenoxy) is 2. The lowest BCUT2D eigenvalue weighted by molar-refractivity contribution is -0.148. The third-order valence-electron chi connectivity index (χ3n) is 2.99. The minimum Gasteiger partial charge on any atom is -0.481 e. The van der Waals surface area contributed by atoms with Crippen LogP contribution in [0.5, 0.6) is 0 Å². The van der Waals surface area contributed by atoms with Gasteiger partial charge in [0, 0.05) is 0 Å². The number of hydrogen-bond acceptors (Lipinski definition) is 3. The Hall–Kier alpha value is -0.610. The normalized spacial score (nSPS) is 40.5. The molecule has 1 N–H and O–H groups in total. The number of hydrogen-bond donors (Lipinski definition) is 1. The highest BCUT2D eigenvalue weighted by Crippen LogP contribution is 2.66. The highest BCUT2D eigenvalue weighted by atomic mass is 16.9. The molecule has 2 atom stereocenters. The van der Waals surface area contributed by atoms with Crippen molar-refractivity contribution < 1.29 is 19.4 Å². The van der Waals surface area contributed by atoms with E-state index in [4.69, 9.17) is 14.6 Å². The van der Waals surface area contributed by atoms with Crippen LogP contribution in [-0.2, 0) is 14.3 Å². The van der Waals surface area contributed by atoms with Crippen LogP contribution < -0.4 is 0 Å². The molecule has 0 bridgehead atoms. The first-order valence-corrected chi connectivity index (χ1v) is 4.35. The first kappa shape index (κ1) is 8.97. The zero-order valence-electron chi connectivity index (χ0n) is 8.25. The van der Waals surface area contributed by atoms with Crippen molar-refractivity contribution in [2.75, 3.05) is 0 Å². The molecule has 2 aliphatic heterocycles. The topological polar surface area (TPSA) is 62.4 Å². The van der Waals surface area contributed by atoms with Crippen LogP contribution in [0.1, 0.15) is 27.7 Å². The van der Waals surface area contributed by atoms with Gasteiger partial charge in [-0.1, -0.05) is 0 Å². The third-order valence-corrected chi connectivity index (χ3v) is 2.99. The van der Waals surface area contributed by atoms with Crippen LogP contribution in [0.15, 0.2) is 0 Å². The maximum atomic E-state index is 10.9. The van der Waals surface area contributed by atoms with E-state index < -0.39 is 17.2 Å². The molecule has 74 valence electrons. The maximum absolute atomic E-state index is 10.9. The summed E-state index contributed by atoms with van der Waals surface area (Å²) in [4.78, 5) is 10.9. The zero-order chi connectivity index (χ0) is 10.1. The van der Waals surface area contributed by atoms with Gasteiger partial charge >= 0.3 is 5.97 Å². The van der Waals surface area contributed by atoms with Crippen LogP contribution in [0.2, 0.25) is 0 Å². The number of carboxylic acids is 1. The van der Waals surface area contributed by atoms with Gasteiger partial charge in [0.15, 0.2) is 0 Å². The van der Waals surface area contributed by atoms with Crippen LogP contribution >= 0.6 is 0 Å². The summed E-state index contributed by atoms with van der Waals surface area (Å²) in [6.07, 6.45) is -0.313. The Morgan fingerprint density at radius 3 is 2.15 bits per heavy atom. The van der Waals surface area contributed by atoms with Crippen molar-refractivity contribution in [3.8, 4) is 0 Å². The number of carboxylic acid groups (broad SMARTS) is 1. The molecule has 0 amide bonds. The highest BCUT2D eigenvalue weighted by molar-refractivity contribution is 5.75. The van der Waals surface area contributed by atoms with Gasteiger partial charge in [0.2, 0.25) is 5.79 Å². The Kier molecular flexibility index (Phi) is 1.32. The average molecular weight is 186 g/mol. The second-order valence-electron chi connectivity index (χ2n) is 4.80. The standard InChI is InChI=1S/C9H14O4/c1-7(2,6(10)11)5-9(12-5)8(3,4)13-9/h5H,1-4H3,(H,10,11)/t5?,9-/m1/s1. The first-order valence-electron chi connectivity index (χ1n) is 4.35. The van der Waals surface area contributed by atoms with Crippen molar-refractivity contribution in [3.05, 3.63) is 0 Å². The second-order valence-corrected chi connectivity index (χ2v) is 4.80. The molecule has 1 spiro atoms. The summed E-state index contributed by atoms with van der Waals surface area (Å²) >= 11 is 0. The molecule has 2 saturated heterocycles. The van der Waals surface area contributed by atoms with Gasteiger partial charge in [0.1, 0.15) is 11.7 Å². The molecule has 0 saturated carbocycles. The minimum absolute atomic E-state index is 0.313. The molecule has 0 aromatic rings. The van der Waals surface area contributed by atoms with E-state index in [0.29, 0.717) is 0 Å². The van der Waals surface area contributed by atoms with Crippen LogP contribution in [0, 0.1) is 5.41 Å². The second kappa shape index (κ2) is 1.91. The molecular weight excluding hydrogens is 172 g/mol. The molecule has 2 heterocycles. The highest BCUT2D eigenvalue weighted by Gasteiger charge is 2.85. The number of aliphatic carboxylic acids is 1. The first-order chi connectivity index (χ1) is 5.74. The Labute approximate surface area is 76.8 Å². The molecule has 0 aromatic carbocycles. The lowest BCUT2D eigenvalue weighted by Gasteiger charge is -2.14. The molecule has 4 nitrogen and oxygen atoms in total. The van der Waals surface area contributed by atoms with E-state index in [0.717, 1.165) is 0 Å². The maximum Gasteiger partial charge on any atom is 0.311 e. The molecule has 2 fully saturated rings. The van der Waals surface area contributed by atoms with E-state index >= 15 is 0 Å². The van der Waals surface area contributed by atoms with Crippen molar-refractivity contribution >= 4 is 5.97 Å². The molecule has 0 aromatic heterocycles. The quantitative estimate of drug-likeness (QED) is 0.653. The smallest absolute Gasteiger partial charge is 0.311 e. The van der Waals surface area contributed by atoms with Gasteiger partial charge < -0.3 is 14.6 Å². The predicted molar refractivity (Wildman–Crippen MR) is 44.2 cm³/mol. The van der Waals surface area contributed by atoms with Crippen molar-refractivity contribution in [3.63, 3.8) is 0 Å². The summed E-state index contributed by atoms with van der Waals surface area (Å²) in [7, 11) is 0. The van der Waals surface area contributed by atoms with Crippen molar-refractivity contribution in [1.82, 2.24) is 0 Å². The van der Waals surface area contributed by atoms with Crippen LogP contribution in [0.25, 0.3) is 0 Å². The fourth-order valence-corrected chi connectivity index (χ4v) is 1.76. The van der Waals surface area contributed by atoms with Crippen LogP contribution in [0.4, 0.5) is 0 Å². The van der Waals surface area contributed by atoms with E-state index in [-0.39, 0.29) is 11.7 Å². The lowest BCUT2D eigenvalue weighted by atomic mass is 9.85. The van der Waals surface area contributed by atoms with Crippen molar-refractivity contribution in [2.45, 2.75) is 45.2 Å². The van der Waals surface area contributed by atoms with Gasteiger partial charge in [-0.2, -0.15) is 0 Å². The monoisotopic (exact) mass is 186 g/mol. The molecule has 4 heteroatoms. The van der Waals surface area contributed by atoms with Gasteiger partial charge in [0.25, 0.3) is 0 Å². The summed E-state index contributed by atoms with van der Waals surface area (Å²) < 4.78 is 10.7. The summed E-state index contributed by atoms with van der Waals surface area (Å²) in [5.41, 5.74) is -1.18. The van der Waals surface area contributed by atoms with E-state index in [2.05, 4.69) is 0 Å². The molecule has 13 heavy (non-hydrogen) atoms. The third kappa shape index (κ3) is 0.901. The van der Waals surface area contributed by atoms with Gasteiger partial charge in [-0.3, -0.25) is 4.79 Å². The fourth-order valence-electron chi connectivity index (χ4n) is 1.76. The van der Waals surface area contributed by atoms with E-state index in [1.165, 1.54) is 0 Å². The molecular formula is C9H14O4. The number of rotatable bonds is 2. The molecule has 2 rings (SSSR count). The Morgan fingerprint density at radius 2 is 1.92 bits per heavy atom. The molecule has 1 unspecified atom stereocenters. The molecule has 0 aliphatic carbocycles. The SMILES string of the molecule is CC(C)(C(=O)O)C1O[C@@]12OC2(C)C.